The first-order valence-electron chi connectivity index (χ1n) is 14.6. The van der Waals surface area contributed by atoms with Crippen LogP contribution in [0.25, 0.3) is 11.8 Å². The number of amides is 3. The van der Waals surface area contributed by atoms with Crippen LogP contribution >= 0.6 is 11.6 Å². The molecule has 240 valence electrons. The highest BCUT2D eigenvalue weighted by Crippen LogP contribution is 2.37. The van der Waals surface area contributed by atoms with Gasteiger partial charge in [0.05, 0.1) is 22.8 Å². The van der Waals surface area contributed by atoms with Crippen molar-refractivity contribution in [2.75, 3.05) is 43.4 Å². The third kappa shape index (κ3) is 6.33. The molecule has 2 aliphatic rings. The van der Waals surface area contributed by atoms with Crippen molar-refractivity contribution in [3.63, 3.8) is 0 Å². The fraction of sp³-hybridized carbons (Fsp3) is 0.219. The molecule has 4 aromatic rings. The van der Waals surface area contributed by atoms with E-state index in [4.69, 9.17) is 11.6 Å². The summed E-state index contributed by atoms with van der Waals surface area (Å²) in [7, 11) is 1.87. The van der Waals surface area contributed by atoms with Crippen LogP contribution in [0.4, 0.5) is 15.8 Å². The number of piperazine rings is 1. The molecule has 3 aromatic carbocycles. The highest BCUT2D eigenvalue weighted by Gasteiger charge is 2.38. The van der Waals surface area contributed by atoms with Crippen molar-refractivity contribution in [2.45, 2.75) is 12.5 Å². The molecule has 0 saturated carbocycles. The summed E-state index contributed by atoms with van der Waals surface area (Å²) in [5, 5.41) is 22.9. The van der Waals surface area contributed by atoms with Crippen molar-refractivity contribution in [2.24, 2.45) is 0 Å². The van der Waals surface area contributed by atoms with Gasteiger partial charge in [0.25, 0.3) is 5.91 Å². The van der Waals surface area contributed by atoms with E-state index in [1.807, 2.05) is 18.0 Å². The zero-order chi connectivity index (χ0) is 33.2. The highest BCUT2D eigenvalue weighted by molar-refractivity contribution is 6.31. The number of aromatic carboxylic acids is 1. The third-order valence-electron chi connectivity index (χ3n) is 8.13. The molecule has 2 N–H and O–H groups in total. The molecule has 0 aliphatic carbocycles. The van der Waals surface area contributed by atoms with Crippen molar-refractivity contribution in [1.29, 1.82) is 0 Å². The second kappa shape index (κ2) is 13.1. The van der Waals surface area contributed by atoms with E-state index in [1.54, 1.807) is 17.0 Å². The van der Waals surface area contributed by atoms with Gasteiger partial charge in [0.1, 0.15) is 12.4 Å². The lowest BCUT2D eigenvalue weighted by molar-refractivity contribution is -0.135. The molecule has 0 spiro atoms. The average molecular weight is 659 g/mol. The van der Waals surface area contributed by atoms with E-state index >= 15 is 4.39 Å². The molecule has 13 nitrogen and oxygen atoms in total. The van der Waals surface area contributed by atoms with Crippen LogP contribution in [-0.4, -0.2) is 92.0 Å². The van der Waals surface area contributed by atoms with Gasteiger partial charge in [-0.2, -0.15) is 4.68 Å². The van der Waals surface area contributed by atoms with Gasteiger partial charge in [-0.1, -0.05) is 23.7 Å². The molecule has 1 atom stereocenters. The van der Waals surface area contributed by atoms with Crippen molar-refractivity contribution >= 4 is 52.7 Å². The quantitative estimate of drug-likeness (QED) is 0.285. The number of hydrogen-bond acceptors (Lipinski definition) is 8. The minimum absolute atomic E-state index is 0.0362. The molecule has 1 fully saturated rings. The molecule has 0 bridgehead atoms. The number of likely N-dealkylation sites (N-methyl/N-ethyl adjacent to an activating group) is 1. The molecule has 47 heavy (non-hydrogen) atoms. The van der Waals surface area contributed by atoms with Crippen LogP contribution < -0.4 is 10.2 Å². The number of carbonyl (C=O) groups excluding carboxylic acids is 3. The van der Waals surface area contributed by atoms with Crippen molar-refractivity contribution < 1.29 is 28.7 Å². The normalized spacial score (nSPS) is 16.7. The number of carbonyl (C=O) groups is 4. The number of nitrogens with one attached hydrogen (secondary N) is 1. The van der Waals surface area contributed by atoms with Crippen LogP contribution in [0, 0.1) is 5.82 Å². The molecular weight excluding hydrogens is 631 g/mol. The highest BCUT2D eigenvalue weighted by atomic mass is 35.5. The number of halogens is 2. The molecule has 3 amide bonds. The van der Waals surface area contributed by atoms with E-state index in [2.05, 4.69) is 20.8 Å². The average Bonchev–Trinajstić information content (AvgIpc) is 3.60. The molecule has 3 heterocycles. The Morgan fingerprint density at radius 1 is 1.04 bits per heavy atom. The third-order valence-corrected chi connectivity index (χ3v) is 8.42. The van der Waals surface area contributed by atoms with Crippen molar-refractivity contribution in [1.82, 2.24) is 30.0 Å². The Bertz CT molecular complexity index is 1900. The van der Waals surface area contributed by atoms with Gasteiger partial charge in [-0.05, 0) is 83.6 Å². The second-order valence-electron chi connectivity index (χ2n) is 11.1. The zero-order valence-electron chi connectivity index (χ0n) is 25.0. The first kappa shape index (κ1) is 31.5. The van der Waals surface area contributed by atoms with Crippen LogP contribution in [0.3, 0.4) is 0 Å². The summed E-state index contributed by atoms with van der Waals surface area (Å²) in [6, 6.07) is 12.7. The summed E-state index contributed by atoms with van der Waals surface area (Å²) in [6.45, 7) is 1.51. The predicted molar refractivity (Wildman–Crippen MR) is 170 cm³/mol. The van der Waals surface area contributed by atoms with Crippen LogP contribution in [-0.2, 0) is 20.8 Å². The summed E-state index contributed by atoms with van der Waals surface area (Å²) in [4.78, 5) is 57.2. The SMILES string of the molecule is CN1CCN(c2cccc3c2CCN(C(=O)C=Cc2c(-n4cnnn4)ccc(Cl)c2F)[C@@H]3C(=O)Nc2ccc(C(=O)O)cc2)C(=O)C1. The fourth-order valence-electron chi connectivity index (χ4n) is 5.81. The van der Waals surface area contributed by atoms with E-state index in [0.29, 0.717) is 36.4 Å². The van der Waals surface area contributed by atoms with E-state index in [-0.39, 0.29) is 40.8 Å². The largest absolute Gasteiger partial charge is 0.478 e. The molecule has 6 rings (SSSR count). The van der Waals surface area contributed by atoms with Gasteiger partial charge >= 0.3 is 5.97 Å². The van der Waals surface area contributed by atoms with E-state index in [9.17, 15) is 24.3 Å². The molecule has 2 aliphatic heterocycles. The monoisotopic (exact) mass is 658 g/mol. The minimum Gasteiger partial charge on any atom is -0.478 e. The van der Waals surface area contributed by atoms with E-state index in [1.165, 1.54) is 58.4 Å². The maximum Gasteiger partial charge on any atom is 0.335 e. The number of rotatable bonds is 7. The number of nitrogens with zero attached hydrogens (tertiary/aromatic N) is 7. The number of fused-ring (bicyclic) bond motifs is 1. The lowest BCUT2D eigenvalue weighted by Crippen LogP contribution is -2.50. The summed E-state index contributed by atoms with van der Waals surface area (Å²) < 4.78 is 16.5. The van der Waals surface area contributed by atoms with Crippen LogP contribution in [0.2, 0.25) is 5.02 Å². The van der Waals surface area contributed by atoms with Crippen LogP contribution in [0.15, 0.2) is 67.0 Å². The Kier molecular flexibility index (Phi) is 8.78. The Balaban J connectivity index is 1.37. The van der Waals surface area contributed by atoms with Gasteiger partial charge in [0, 0.05) is 42.6 Å². The molecule has 15 heteroatoms. The number of carboxylic acid groups (broad SMARTS) is 1. The summed E-state index contributed by atoms with van der Waals surface area (Å²) in [6.07, 6.45) is 4.04. The lowest BCUT2D eigenvalue weighted by atomic mass is 9.89. The van der Waals surface area contributed by atoms with Gasteiger partial charge < -0.3 is 20.2 Å². The molecule has 1 aromatic heterocycles. The van der Waals surface area contributed by atoms with Gasteiger partial charge in [0.2, 0.25) is 11.8 Å². The van der Waals surface area contributed by atoms with Gasteiger partial charge in [-0.15, -0.1) is 5.10 Å². The van der Waals surface area contributed by atoms with E-state index < -0.39 is 29.6 Å². The Hall–Kier alpha value is -5.47. The van der Waals surface area contributed by atoms with Crippen LogP contribution in [0.5, 0.6) is 0 Å². The Morgan fingerprint density at radius 2 is 1.83 bits per heavy atom. The zero-order valence-corrected chi connectivity index (χ0v) is 25.8. The second-order valence-corrected chi connectivity index (χ2v) is 11.5. The molecular formula is C32H28ClFN8O5. The Morgan fingerprint density at radius 3 is 2.53 bits per heavy atom. The maximum absolute atomic E-state index is 15.2. The van der Waals surface area contributed by atoms with Gasteiger partial charge in [0.15, 0.2) is 5.82 Å². The van der Waals surface area contributed by atoms with E-state index in [0.717, 1.165) is 11.6 Å². The smallest absolute Gasteiger partial charge is 0.335 e. The maximum atomic E-state index is 15.2. The summed E-state index contributed by atoms with van der Waals surface area (Å²) in [5.41, 5.74) is 2.55. The van der Waals surface area contributed by atoms with Gasteiger partial charge in [-0.3, -0.25) is 19.3 Å². The molecule has 1 saturated heterocycles. The van der Waals surface area contributed by atoms with Crippen molar-refractivity contribution in [3.8, 4) is 5.69 Å². The van der Waals surface area contributed by atoms with Crippen LogP contribution in [0.1, 0.15) is 33.1 Å². The number of tetrazole rings is 1. The fourth-order valence-corrected chi connectivity index (χ4v) is 5.98. The Labute approximate surface area is 272 Å². The topological polar surface area (TPSA) is 154 Å². The number of hydrogen-bond donors (Lipinski definition) is 2. The molecule has 0 unspecified atom stereocenters. The number of aromatic nitrogens is 4. The standard InChI is InChI=1S/C32H28ClFN8O5/c1-39-15-16-40(28(44)17-39)25-4-2-3-22-21(25)13-14-41(30(22)31(45)36-20-7-5-19(6-8-20)32(46)47)27(43)12-9-23-26(42-18-35-37-38-42)11-10-24(33)29(23)34/h2-12,18,30H,13-17H2,1H3,(H,36,45)(H,46,47)/t30-/m0/s1. The lowest BCUT2D eigenvalue weighted by Gasteiger charge is -2.39. The van der Waals surface area contributed by atoms with Crippen molar-refractivity contribution in [3.05, 3.63) is 100 Å². The first-order valence-corrected chi connectivity index (χ1v) is 14.9. The minimum atomic E-state index is -1.14. The predicted octanol–water partition coefficient (Wildman–Crippen LogP) is 3.21. The number of anilines is 2. The number of carboxylic acids is 1. The summed E-state index contributed by atoms with van der Waals surface area (Å²) in [5.74, 6) is -3.11. The molecule has 0 radical (unpaired) electrons. The number of benzene rings is 3. The first-order chi connectivity index (χ1) is 22.6. The summed E-state index contributed by atoms with van der Waals surface area (Å²) >= 11 is 6.05. The van der Waals surface area contributed by atoms with Gasteiger partial charge in [-0.25, -0.2) is 9.18 Å².